The molecule has 0 aliphatic rings. The van der Waals surface area contributed by atoms with Crippen LogP contribution in [0.15, 0.2) is 43.4 Å². The second-order valence-corrected chi connectivity index (χ2v) is 8.88. The molecule has 0 atom stereocenters. The largest absolute Gasteiger partial charge is 0.506 e. The third-order valence-electron chi connectivity index (χ3n) is 2.85. The molecule has 2 aromatic carbocycles. The lowest BCUT2D eigenvalue weighted by Crippen LogP contribution is -2.28. The molecule has 0 saturated heterocycles. The zero-order valence-electron chi connectivity index (χ0n) is 12.7. The highest BCUT2D eigenvalue weighted by molar-refractivity contribution is 14.1. The Hall–Kier alpha value is -0.930. The van der Waals surface area contributed by atoms with Gasteiger partial charge < -0.3 is 10.2 Å². The number of hydrogen-bond donors (Lipinski definition) is 4. The Labute approximate surface area is 192 Å². The number of hydrogen-bond acceptors (Lipinski definition) is 5. The Bertz CT molecular complexity index is 835. The molecule has 4 N–H and O–H groups in total. The zero-order chi connectivity index (χ0) is 19.3. The van der Waals surface area contributed by atoms with Gasteiger partial charge in [0, 0.05) is 20.1 Å². The highest BCUT2D eigenvalue weighted by Gasteiger charge is 2.06. The Morgan fingerprint density at radius 3 is 1.65 bits per heavy atom. The molecule has 11 heteroatoms. The molecule has 0 bridgehead atoms. The minimum Gasteiger partial charge on any atom is -0.506 e. The zero-order valence-corrected chi connectivity index (χ0v) is 20.2. The van der Waals surface area contributed by atoms with Crippen LogP contribution in [0.1, 0.15) is 11.1 Å². The molecule has 0 unspecified atom stereocenters. The molecule has 2 amide bonds. The number of aromatic hydroxyl groups is 2. The molecule has 0 spiro atoms. The molecule has 2 rings (SSSR count). The lowest BCUT2D eigenvalue weighted by atomic mass is 10.2. The van der Waals surface area contributed by atoms with Gasteiger partial charge in [0.05, 0.1) is 19.6 Å². The van der Waals surface area contributed by atoms with Gasteiger partial charge in [0.1, 0.15) is 11.5 Å². The molecule has 2 aromatic rings. The molecule has 0 aromatic heterocycles. The van der Waals surface area contributed by atoms with Crippen LogP contribution < -0.4 is 10.9 Å². The van der Waals surface area contributed by atoms with Crippen LogP contribution in [-0.2, 0) is 0 Å². The number of hydrazone groups is 2. The van der Waals surface area contributed by atoms with Crippen molar-refractivity contribution >= 4 is 95.5 Å². The minimum absolute atomic E-state index is 0.0671. The first kappa shape index (κ1) is 21.4. The molecule has 0 heterocycles. The summed E-state index contributed by atoms with van der Waals surface area (Å²) in [6, 6.07) is 6.15. The number of benzene rings is 2. The van der Waals surface area contributed by atoms with Gasteiger partial charge in [-0.2, -0.15) is 10.2 Å². The SMILES string of the molecule is O=C(NN=Cc1cc(Br)cc(I)c1O)N/N=C\c1cc(Br)cc(I)c1O. The van der Waals surface area contributed by atoms with Crippen molar-refractivity contribution < 1.29 is 15.0 Å². The third kappa shape index (κ3) is 6.06. The van der Waals surface area contributed by atoms with E-state index in [0.717, 1.165) is 8.95 Å². The summed E-state index contributed by atoms with van der Waals surface area (Å²) < 4.78 is 2.85. The Balaban J connectivity index is 1.96. The van der Waals surface area contributed by atoms with Crippen molar-refractivity contribution in [1.29, 1.82) is 0 Å². The van der Waals surface area contributed by atoms with Crippen molar-refractivity contribution in [2.75, 3.05) is 0 Å². The molecular weight excluding hydrogens is 698 g/mol. The van der Waals surface area contributed by atoms with Crippen LogP contribution in [0.2, 0.25) is 0 Å². The summed E-state index contributed by atoms with van der Waals surface area (Å²) in [7, 11) is 0. The summed E-state index contributed by atoms with van der Waals surface area (Å²) in [5.41, 5.74) is 5.34. The number of nitrogens with one attached hydrogen (secondary N) is 2. The Morgan fingerprint density at radius 1 is 0.885 bits per heavy atom. The van der Waals surface area contributed by atoms with E-state index < -0.39 is 6.03 Å². The number of amides is 2. The number of rotatable bonds is 4. The first-order chi connectivity index (χ1) is 12.3. The highest BCUT2D eigenvalue weighted by Crippen LogP contribution is 2.28. The summed E-state index contributed by atoms with van der Waals surface area (Å²) in [6.07, 6.45) is 2.63. The topological polar surface area (TPSA) is 106 Å². The maximum Gasteiger partial charge on any atom is 0.355 e. The van der Waals surface area contributed by atoms with Crippen LogP contribution in [-0.4, -0.2) is 28.7 Å². The van der Waals surface area contributed by atoms with Crippen LogP contribution in [0.4, 0.5) is 4.79 Å². The quantitative estimate of drug-likeness (QED) is 0.214. The molecule has 26 heavy (non-hydrogen) atoms. The van der Waals surface area contributed by atoms with E-state index in [1.165, 1.54) is 12.4 Å². The van der Waals surface area contributed by atoms with Crippen molar-refractivity contribution in [2.45, 2.75) is 0 Å². The van der Waals surface area contributed by atoms with Gasteiger partial charge in [0.25, 0.3) is 0 Å². The maximum absolute atomic E-state index is 11.7. The molecule has 7 nitrogen and oxygen atoms in total. The summed E-state index contributed by atoms with van der Waals surface area (Å²) in [4.78, 5) is 11.7. The fourth-order valence-corrected chi connectivity index (χ4v) is 4.82. The van der Waals surface area contributed by atoms with Gasteiger partial charge >= 0.3 is 6.03 Å². The molecule has 0 saturated carbocycles. The molecule has 136 valence electrons. The standard InChI is InChI=1S/C15H10Br2I2N4O3/c16-9-1-7(13(24)11(18)3-9)5-20-22-15(26)23-21-6-8-2-10(17)4-12(19)14(8)25/h1-6,24-25H,(H2,22,23,26)/b20-5-,21-6?. The monoisotopic (exact) mass is 706 g/mol. The summed E-state index contributed by atoms with van der Waals surface area (Å²) in [5, 5.41) is 27.4. The lowest BCUT2D eigenvalue weighted by molar-refractivity contribution is 0.242. The van der Waals surface area contributed by atoms with Crippen molar-refractivity contribution in [3.63, 3.8) is 0 Å². The van der Waals surface area contributed by atoms with Gasteiger partial charge in [-0.05, 0) is 69.4 Å². The van der Waals surface area contributed by atoms with Gasteiger partial charge in [-0.15, -0.1) is 0 Å². The number of halogens is 4. The maximum atomic E-state index is 11.7. The van der Waals surface area contributed by atoms with E-state index >= 15 is 0 Å². The lowest BCUT2D eigenvalue weighted by Gasteiger charge is -2.04. The van der Waals surface area contributed by atoms with Crippen LogP contribution in [0.5, 0.6) is 11.5 Å². The number of phenolic OH excluding ortho intramolecular Hbond substituents is 2. The molecule has 0 fully saturated rings. The first-order valence-corrected chi connectivity index (χ1v) is 10.5. The van der Waals surface area contributed by atoms with E-state index in [-0.39, 0.29) is 11.5 Å². The van der Waals surface area contributed by atoms with Crippen LogP contribution in [0.25, 0.3) is 0 Å². The second kappa shape index (κ2) is 9.85. The fraction of sp³-hybridized carbons (Fsp3) is 0. The van der Waals surface area contributed by atoms with E-state index in [1.54, 1.807) is 24.3 Å². The van der Waals surface area contributed by atoms with Gasteiger partial charge in [0.15, 0.2) is 0 Å². The summed E-state index contributed by atoms with van der Waals surface area (Å²) >= 11 is 10.6. The smallest absolute Gasteiger partial charge is 0.355 e. The van der Waals surface area contributed by atoms with Gasteiger partial charge in [0.2, 0.25) is 0 Å². The van der Waals surface area contributed by atoms with Crippen LogP contribution >= 0.6 is 77.0 Å². The summed E-state index contributed by atoms with van der Waals surface area (Å²) in [6.45, 7) is 0. The number of urea groups is 1. The number of nitrogens with zero attached hydrogens (tertiary/aromatic N) is 2. The first-order valence-electron chi connectivity index (χ1n) is 6.76. The molecular formula is C15H10Br2I2N4O3. The van der Waals surface area contributed by atoms with Gasteiger partial charge in [-0.3, -0.25) is 0 Å². The van der Waals surface area contributed by atoms with Crippen molar-refractivity contribution in [1.82, 2.24) is 10.9 Å². The molecule has 0 radical (unpaired) electrons. The van der Waals surface area contributed by atoms with Crippen molar-refractivity contribution in [3.05, 3.63) is 51.5 Å². The number of carbonyl (C=O) groups is 1. The third-order valence-corrected chi connectivity index (χ3v) is 5.42. The predicted molar refractivity (Wildman–Crippen MR) is 124 cm³/mol. The van der Waals surface area contributed by atoms with Crippen LogP contribution in [0.3, 0.4) is 0 Å². The Kier molecular flexibility index (Phi) is 8.09. The predicted octanol–water partition coefficient (Wildman–Crippen LogP) is 4.50. The van der Waals surface area contributed by atoms with E-state index in [2.05, 4.69) is 52.9 Å². The van der Waals surface area contributed by atoms with Gasteiger partial charge in [-0.1, -0.05) is 31.9 Å². The average Bonchev–Trinajstić information content (AvgIpc) is 2.56. The van der Waals surface area contributed by atoms with Gasteiger partial charge in [-0.25, -0.2) is 15.6 Å². The average molecular weight is 708 g/mol. The van der Waals surface area contributed by atoms with E-state index in [1.807, 2.05) is 45.2 Å². The minimum atomic E-state index is -0.675. The van der Waals surface area contributed by atoms with Crippen LogP contribution in [0, 0.1) is 7.14 Å². The van der Waals surface area contributed by atoms with Crippen molar-refractivity contribution in [2.24, 2.45) is 10.2 Å². The second-order valence-electron chi connectivity index (χ2n) is 4.72. The number of carbonyl (C=O) groups excluding carboxylic acids is 1. The van der Waals surface area contributed by atoms with Crippen molar-refractivity contribution in [3.8, 4) is 11.5 Å². The molecule has 0 aliphatic heterocycles. The summed E-state index contributed by atoms with van der Waals surface area (Å²) in [5.74, 6) is 0.134. The van der Waals surface area contributed by atoms with E-state index in [9.17, 15) is 15.0 Å². The highest BCUT2D eigenvalue weighted by atomic mass is 127. The van der Waals surface area contributed by atoms with E-state index in [0.29, 0.717) is 18.3 Å². The fourth-order valence-electron chi connectivity index (χ4n) is 1.71. The van der Waals surface area contributed by atoms with E-state index in [4.69, 9.17) is 0 Å². The molecule has 0 aliphatic carbocycles. The Morgan fingerprint density at radius 2 is 1.27 bits per heavy atom. The normalized spacial score (nSPS) is 11.2. The number of phenols is 2.